The molecule has 1 atom stereocenters. The third-order valence-corrected chi connectivity index (χ3v) is 3.67. The summed E-state index contributed by atoms with van der Waals surface area (Å²) in [5.41, 5.74) is 0. The van der Waals surface area contributed by atoms with E-state index in [1.807, 2.05) is 0 Å². The molecule has 15 heavy (non-hydrogen) atoms. The first kappa shape index (κ1) is 12.1. The van der Waals surface area contributed by atoms with Crippen molar-refractivity contribution < 1.29 is 19.8 Å². The number of aromatic nitrogens is 2. The van der Waals surface area contributed by atoms with Gasteiger partial charge in [0.05, 0.1) is 6.42 Å². The summed E-state index contributed by atoms with van der Waals surface area (Å²) in [6, 6.07) is 0. The fourth-order valence-electron chi connectivity index (χ4n) is 0.726. The van der Waals surface area contributed by atoms with Crippen molar-refractivity contribution in [3.05, 3.63) is 3.95 Å². The van der Waals surface area contributed by atoms with E-state index in [-0.39, 0.29) is 0 Å². The van der Waals surface area contributed by atoms with Crippen molar-refractivity contribution in [3.63, 3.8) is 0 Å². The molecular formula is C6H6N2O4S3. The summed E-state index contributed by atoms with van der Waals surface area (Å²) < 4.78 is 0.852. The van der Waals surface area contributed by atoms with Gasteiger partial charge in [0.15, 0.2) is 8.29 Å². The Morgan fingerprint density at radius 1 is 1.60 bits per heavy atom. The Labute approximate surface area is 97.3 Å². The Balaban J connectivity index is 2.70. The molecule has 0 fully saturated rings. The molecule has 82 valence electrons. The van der Waals surface area contributed by atoms with Gasteiger partial charge in [-0.15, -0.1) is 0 Å². The highest BCUT2D eigenvalue weighted by Gasteiger charge is 2.23. The Hall–Kier alpha value is -0.930. The van der Waals surface area contributed by atoms with E-state index < -0.39 is 23.6 Å². The van der Waals surface area contributed by atoms with Crippen molar-refractivity contribution in [2.75, 3.05) is 0 Å². The topological polar surface area (TPSA) is 103 Å². The van der Waals surface area contributed by atoms with Gasteiger partial charge in [-0.2, -0.15) is 5.10 Å². The van der Waals surface area contributed by atoms with Crippen LogP contribution in [0.3, 0.4) is 0 Å². The van der Waals surface area contributed by atoms with Crippen LogP contribution < -0.4 is 0 Å². The van der Waals surface area contributed by atoms with Crippen LogP contribution in [0.25, 0.3) is 0 Å². The summed E-state index contributed by atoms with van der Waals surface area (Å²) in [6.07, 6.45) is -0.452. The van der Waals surface area contributed by atoms with Crippen LogP contribution >= 0.6 is 35.3 Å². The number of nitrogens with zero attached hydrogens (tertiary/aromatic N) is 1. The first-order valence-corrected chi connectivity index (χ1v) is 5.76. The molecule has 1 aromatic heterocycles. The van der Waals surface area contributed by atoms with E-state index in [1.165, 1.54) is 0 Å². The average Bonchev–Trinajstić information content (AvgIpc) is 2.49. The first-order chi connectivity index (χ1) is 6.99. The predicted octanol–water partition coefficient (Wildman–Crippen LogP) is 1.22. The van der Waals surface area contributed by atoms with Crippen LogP contribution in [-0.4, -0.2) is 37.6 Å². The molecule has 0 spiro atoms. The Morgan fingerprint density at radius 3 is 2.67 bits per heavy atom. The Morgan fingerprint density at radius 2 is 2.27 bits per heavy atom. The number of aromatic amines is 1. The maximum Gasteiger partial charge on any atom is 0.317 e. The summed E-state index contributed by atoms with van der Waals surface area (Å²) >= 11 is 6.75. The van der Waals surface area contributed by atoms with Crippen LogP contribution in [0.15, 0.2) is 4.34 Å². The van der Waals surface area contributed by atoms with Crippen molar-refractivity contribution in [2.24, 2.45) is 0 Å². The van der Waals surface area contributed by atoms with Crippen molar-refractivity contribution in [1.29, 1.82) is 0 Å². The highest BCUT2D eigenvalue weighted by Crippen LogP contribution is 2.27. The lowest BCUT2D eigenvalue weighted by atomic mass is 10.3. The van der Waals surface area contributed by atoms with Crippen LogP contribution in [-0.2, 0) is 9.59 Å². The van der Waals surface area contributed by atoms with E-state index in [2.05, 4.69) is 10.2 Å². The molecule has 1 aromatic rings. The SMILES string of the molecule is O=C(O)C[C@H](Sc1n[nH]c(=S)s1)C(=O)O. The number of carboxylic acid groups (broad SMARTS) is 2. The second-order valence-electron chi connectivity index (χ2n) is 2.42. The molecule has 1 heterocycles. The average molecular weight is 266 g/mol. The van der Waals surface area contributed by atoms with Gasteiger partial charge in [-0.25, -0.2) is 0 Å². The molecule has 0 amide bonds. The van der Waals surface area contributed by atoms with Crippen molar-refractivity contribution >= 4 is 47.3 Å². The lowest BCUT2D eigenvalue weighted by molar-refractivity contribution is -0.142. The van der Waals surface area contributed by atoms with E-state index in [1.54, 1.807) is 0 Å². The number of H-pyrrole nitrogens is 1. The zero-order valence-electron chi connectivity index (χ0n) is 7.17. The lowest BCUT2D eigenvalue weighted by Crippen LogP contribution is -2.20. The fraction of sp³-hybridized carbons (Fsp3) is 0.333. The van der Waals surface area contributed by atoms with Gasteiger partial charge in [-0.1, -0.05) is 23.1 Å². The minimum absolute atomic E-state index is 0.425. The summed E-state index contributed by atoms with van der Waals surface area (Å²) in [7, 11) is 0. The molecule has 0 aliphatic heterocycles. The molecule has 3 N–H and O–H groups in total. The molecule has 0 saturated carbocycles. The molecule has 0 radical (unpaired) electrons. The standard InChI is InChI=1S/C6H6N2O4S3/c9-3(10)1-2(4(11)12)14-6-8-7-5(13)15-6/h2H,1H2,(H,7,13)(H,9,10)(H,11,12)/t2-/m0/s1. The molecule has 0 saturated heterocycles. The van der Waals surface area contributed by atoms with Crippen LogP contribution in [0.4, 0.5) is 0 Å². The smallest absolute Gasteiger partial charge is 0.317 e. The third-order valence-electron chi connectivity index (χ3n) is 1.30. The quantitative estimate of drug-likeness (QED) is 0.543. The van der Waals surface area contributed by atoms with Crippen molar-refractivity contribution in [2.45, 2.75) is 16.0 Å². The highest BCUT2D eigenvalue weighted by molar-refractivity contribution is 8.02. The number of hydrogen-bond acceptors (Lipinski definition) is 6. The van der Waals surface area contributed by atoms with E-state index >= 15 is 0 Å². The van der Waals surface area contributed by atoms with Crippen LogP contribution in [0.2, 0.25) is 0 Å². The number of rotatable bonds is 5. The molecule has 9 heteroatoms. The van der Waals surface area contributed by atoms with Crippen LogP contribution in [0.5, 0.6) is 0 Å². The number of hydrogen-bond donors (Lipinski definition) is 3. The van der Waals surface area contributed by atoms with Gasteiger partial charge in [0.25, 0.3) is 0 Å². The summed E-state index contributed by atoms with van der Waals surface area (Å²) in [6.45, 7) is 0. The molecule has 0 aliphatic carbocycles. The third kappa shape index (κ3) is 3.98. The van der Waals surface area contributed by atoms with Gasteiger partial charge in [-0.05, 0) is 12.2 Å². The van der Waals surface area contributed by atoms with Crippen molar-refractivity contribution in [1.82, 2.24) is 10.2 Å². The van der Waals surface area contributed by atoms with Gasteiger partial charge >= 0.3 is 11.9 Å². The molecule has 0 bridgehead atoms. The lowest BCUT2D eigenvalue weighted by Gasteiger charge is -2.05. The summed E-state index contributed by atoms with van der Waals surface area (Å²) in [5.74, 6) is -2.34. The van der Waals surface area contributed by atoms with E-state index in [0.717, 1.165) is 23.1 Å². The van der Waals surface area contributed by atoms with E-state index in [4.69, 9.17) is 22.4 Å². The molecule has 0 unspecified atom stereocenters. The molecule has 0 aromatic carbocycles. The van der Waals surface area contributed by atoms with Gasteiger partial charge in [0, 0.05) is 0 Å². The van der Waals surface area contributed by atoms with Crippen LogP contribution in [0, 0.1) is 3.95 Å². The van der Waals surface area contributed by atoms with Gasteiger partial charge in [0.1, 0.15) is 5.25 Å². The molecule has 1 rings (SSSR count). The van der Waals surface area contributed by atoms with Crippen molar-refractivity contribution in [3.8, 4) is 0 Å². The maximum atomic E-state index is 10.7. The molecule has 0 aliphatic rings. The van der Waals surface area contributed by atoms with E-state index in [0.29, 0.717) is 8.29 Å². The maximum absolute atomic E-state index is 10.7. The summed E-state index contributed by atoms with van der Waals surface area (Å²) in [4.78, 5) is 21.1. The normalized spacial score (nSPS) is 12.3. The minimum atomic E-state index is -1.18. The number of aliphatic carboxylic acids is 2. The van der Waals surface area contributed by atoms with Crippen LogP contribution in [0.1, 0.15) is 6.42 Å². The monoisotopic (exact) mass is 266 g/mol. The number of nitrogens with one attached hydrogen (secondary N) is 1. The number of thioether (sulfide) groups is 1. The zero-order valence-corrected chi connectivity index (χ0v) is 9.62. The van der Waals surface area contributed by atoms with Gasteiger partial charge < -0.3 is 10.2 Å². The fourth-order valence-corrected chi connectivity index (χ4v) is 2.97. The molecular weight excluding hydrogens is 260 g/mol. The Kier molecular flexibility index (Phi) is 4.24. The Bertz CT molecular complexity index is 426. The van der Waals surface area contributed by atoms with E-state index in [9.17, 15) is 9.59 Å². The number of carboxylic acids is 2. The first-order valence-electron chi connectivity index (χ1n) is 3.66. The molecule has 6 nitrogen and oxygen atoms in total. The predicted molar refractivity (Wildman–Crippen MR) is 56.8 cm³/mol. The summed E-state index contributed by atoms with van der Waals surface area (Å²) in [5, 5.41) is 22.4. The second-order valence-corrected chi connectivity index (χ2v) is 5.54. The minimum Gasteiger partial charge on any atom is -0.481 e. The largest absolute Gasteiger partial charge is 0.481 e. The highest BCUT2D eigenvalue weighted by atomic mass is 32.2. The number of carbonyl (C=O) groups is 2. The second kappa shape index (κ2) is 5.24. The van der Waals surface area contributed by atoms with Gasteiger partial charge in [-0.3, -0.25) is 14.7 Å². The zero-order chi connectivity index (χ0) is 11.4. The van der Waals surface area contributed by atoms with Gasteiger partial charge in [0.2, 0.25) is 0 Å².